The maximum absolute atomic E-state index is 12.3. The Morgan fingerprint density at radius 1 is 1.19 bits per heavy atom. The molecule has 7 heteroatoms. The van der Waals surface area contributed by atoms with Crippen LogP contribution >= 0.6 is 11.8 Å². The van der Waals surface area contributed by atoms with Crippen LogP contribution in [0.1, 0.15) is 37.3 Å². The van der Waals surface area contributed by atoms with Crippen molar-refractivity contribution in [2.45, 2.75) is 49.7 Å². The van der Waals surface area contributed by atoms with Gasteiger partial charge in [0.2, 0.25) is 5.91 Å². The molecular formula is C19H27N5OS. The molecule has 2 aromatic rings. The summed E-state index contributed by atoms with van der Waals surface area (Å²) in [6.07, 6.45) is 5.63. The van der Waals surface area contributed by atoms with E-state index in [4.69, 9.17) is 0 Å². The zero-order valence-corrected chi connectivity index (χ0v) is 16.3. The number of aryl methyl sites for hydroxylation is 1. The highest BCUT2D eigenvalue weighted by Crippen LogP contribution is 2.20. The number of likely N-dealkylation sites (tertiary alicyclic amines) is 1. The molecule has 3 rings (SSSR count). The quantitative estimate of drug-likeness (QED) is 0.756. The zero-order valence-electron chi connectivity index (χ0n) is 15.5. The van der Waals surface area contributed by atoms with Gasteiger partial charge in [-0.05, 0) is 44.0 Å². The van der Waals surface area contributed by atoms with Gasteiger partial charge in [0.15, 0.2) is 5.16 Å². The Morgan fingerprint density at radius 3 is 2.54 bits per heavy atom. The van der Waals surface area contributed by atoms with Crippen LogP contribution in [0.2, 0.25) is 0 Å². The van der Waals surface area contributed by atoms with Gasteiger partial charge in [-0.15, -0.1) is 10.2 Å². The Kier molecular flexibility index (Phi) is 6.68. The predicted octanol–water partition coefficient (Wildman–Crippen LogP) is 2.60. The number of carbonyl (C=O) groups is 1. The molecule has 0 spiro atoms. The smallest absolute Gasteiger partial charge is 0.233 e. The normalized spacial score (nSPS) is 16.4. The minimum absolute atomic E-state index is 0.00962. The molecule has 2 heterocycles. The summed E-state index contributed by atoms with van der Waals surface area (Å²) in [5.41, 5.74) is 2.46. The lowest BCUT2D eigenvalue weighted by Crippen LogP contribution is -2.30. The Balaban J connectivity index is 1.45. The molecule has 140 valence electrons. The van der Waals surface area contributed by atoms with Gasteiger partial charge in [-0.25, -0.2) is 0 Å². The van der Waals surface area contributed by atoms with E-state index < -0.39 is 0 Å². The van der Waals surface area contributed by atoms with E-state index in [9.17, 15) is 4.79 Å². The Bertz CT molecular complexity index is 709. The molecule has 1 N–H and O–H groups in total. The van der Waals surface area contributed by atoms with Gasteiger partial charge in [0, 0.05) is 20.1 Å². The first-order valence-corrected chi connectivity index (χ1v) is 10.1. The molecule has 1 saturated heterocycles. The van der Waals surface area contributed by atoms with Gasteiger partial charge in [0.05, 0.1) is 5.25 Å². The SMILES string of the molecule is CC(Sc1nncn1C)C(=O)NCc1ccc(CN2CCCCC2)cc1. The van der Waals surface area contributed by atoms with Crippen LogP contribution < -0.4 is 5.32 Å². The Morgan fingerprint density at radius 2 is 1.88 bits per heavy atom. The van der Waals surface area contributed by atoms with Crippen molar-refractivity contribution in [2.24, 2.45) is 7.05 Å². The fourth-order valence-corrected chi connectivity index (χ4v) is 3.88. The van der Waals surface area contributed by atoms with Crippen LogP contribution in [0.15, 0.2) is 35.7 Å². The molecule has 1 aromatic heterocycles. The topological polar surface area (TPSA) is 63.1 Å². The lowest BCUT2D eigenvalue weighted by molar-refractivity contribution is -0.120. The molecule has 0 aliphatic carbocycles. The van der Waals surface area contributed by atoms with Crippen molar-refractivity contribution >= 4 is 17.7 Å². The summed E-state index contributed by atoms with van der Waals surface area (Å²) in [5.74, 6) is 0.00962. The zero-order chi connectivity index (χ0) is 18.4. The number of hydrogen-bond donors (Lipinski definition) is 1. The van der Waals surface area contributed by atoms with Gasteiger partial charge in [0.25, 0.3) is 0 Å². The summed E-state index contributed by atoms with van der Waals surface area (Å²) >= 11 is 1.41. The molecule has 0 radical (unpaired) electrons. The van der Waals surface area contributed by atoms with E-state index in [1.165, 1.54) is 49.7 Å². The van der Waals surface area contributed by atoms with Gasteiger partial charge in [-0.2, -0.15) is 0 Å². The third-order valence-corrected chi connectivity index (χ3v) is 5.81. The fraction of sp³-hybridized carbons (Fsp3) is 0.526. The van der Waals surface area contributed by atoms with Gasteiger partial charge in [-0.1, -0.05) is 42.4 Å². The van der Waals surface area contributed by atoms with Crippen LogP contribution in [0.3, 0.4) is 0 Å². The van der Waals surface area contributed by atoms with Crippen molar-refractivity contribution in [3.05, 3.63) is 41.7 Å². The highest BCUT2D eigenvalue weighted by Gasteiger charge is 2.16. The summed E-state index contributed by atoms with van der Waals surface area (Å²) in [6.45, 7) is 5.87. The summed E-state index contributed by atoms with van der Waals surface area (Å²) in [7, 11) is 1.87. The third-order valence-electron chi connectivity index (χ3n) is 4.67. The van der Waals surface area contributed by atoms with E-state index in [0.29, 0.717) is 6.54 Å². The van der Waals surface area contributed by atoms with Crippen LogP contribution in [0.4, 0.5) is 0 Å². The number of carbonyl (C=O) groups excluding carboxylic acids is 1. The van der Waals surface area contributed by atoms with Crippen LogP contribution in [0.25, 0.3) is 0 Å². The van der Waals surface area contributed by atoms with E-state index in [-0.39, 0.29) is 11.2 Å². The van der Waals surface area contributed by atoms with E-state index >= 15 is 0 Å². The van der Waals surface area contributed by atoms with Crippen LogP contribution in [0.5, 0.6) is 0 Å². The minimum atomic E-state index is -0.212. The monoisotopic (exact) mass is 373 g/mol. The lowest BCUT2D eigenvalue weighted by atomic mass is 10.1. The highest BCUT2D eigenvalue weighted by molar-refractivity contribution is 8.00. The maximum atomic E-state index is 12.3. The second-order valence-electron chi connectivity index (χ2n) is 6.86. The van der Waals surface area contributed by atoms with Gasteiger partial charge >= 0.3 is 0 Å². The van der Waals surface area contributed by atoms with Crippen LogP contribution in [0, 0.1) is 0 Å². The van der Waals surface area contributed by atoms with Gasteiger partial charge in [-0.3, -0.25) is 9.69 Å². The van der Waals surface area contributed by atoms with Crippen molar-refractivity contribution in [2.75, 3.05) is 13.1 Å². The Labute approximate surface area is 159 Å². The van der Waals surface area contributed by atoms with Crippen LogP contribution in [-0.4, -0.2) is 43.9 Å². The molecule has 0 saturated carbocycles. The number of amides is 1. The van der Waals surface area contributed by atoms with Crippen molar-refractivity contribution in [3.63, 3.8) is 0 Å². The number of benzene rings is 1. The molecule has 1 unspecified atom stereocenters. The minimum Gasteiger partial charge on any atom is -0.351 e. The first-order valence-electron chi connectivity index (χ1n) is 9.20. The first-order chi connectivity index (χ1) is 12.6. The van der Waals surface area contributed by atoms with Gasteiger partial charge in [0.1, 0.15) is 6.33 Å². The Hall–Kier alpha value is -1.86. The molecule has 1 aliphatic heterocycles. The van der Waals surface area contributed by atoms with E-state index in [2.05, 4.69) is 44.7 Å². The van der Waals surface area contributed by atoms with Crippen molar-refractivity contribution in [3.8, 4) is 0 Å². The number of thioether (sulfide) groups is 1. The molecule has 1 aromatic carbocycles. The summed E-state index contributed by atoms with van der Waals surface area (Å²) in [6, 6.07) is 8.57. The molecular weight excluding hydrogens is 346 g/mol. The fourth-order valence-electron chi connectivity index (χ4n) is 3.06. The largest absolute Gasteiger partial charge is 0.351 e. The molecule has 1 fully saturated rings. The van der Waals surface area contributed by atoms with Gasteiger partial charge < -0.3 is 9.88 Å². The predicted molar refractivity (Wildman–Crippen MR) is 104 cm³/mol. The number of nitrogens with zero attached hydrogens (tertiary/aromatic N) is 4. The number of rotatable bonds is 7. The second kappa shape index (κ2) is 9.19. The summed E-state index contributed by atoms with van der Waals surface area (Å²) in [4.78, 5) is 14.8. The standard InChI is InChI=1S/C19H27N5OS/c1-15(26-19-22-21-14-23(19)2)18(25)20-12-16-6-8-17(9-7-16)13-24-10-4-3-5-11-24/h6-9,14-15H,3-5,10-13H2,1-2H3,(H,20,25). The number of hydrogen-bond acceptors (Lipinski definition) is 5. The van der Waals surface area contributed by atoms with E-state index in [1.807, 2.05) is 18.5 Å². The molecule has 26 heavy (non-hydrogen) atoms. The number of nitrogens with one attached hydrogen (secondary N) is 1. The summed E-state index contributed by atoms with van der Waals surface area (Å²) in [5, 5.41) is 11.4. The highest BCUT2D eigenvalue weighted by atomic mass is 32.2. The van der Waals surface area contributed by atoms with E-state index in [1.54, 1.807) is 6.33 Å². The first kappa shape index (κ1) is 18.9. The third kappa shape index (κ3) is 5.32. The van der Waals surface area contributed by atoms with Crippen molar-refractivity contribution < 1.29 is 4.79 Å². The molecule has 0 bridgehead atoms. The van der Waals surface area contributed by atoms with Crippen LogP contribution in [-0.2, 0) is 24.9 Å². The summed E-state index contributed by atoms with van der Waals surface area (Å²) < 4.78 is 1.81. The molecule has 1 amide bonds. The number of piperidine rings is 1. The van der Waals surface area contributed by atoms with Crippen molar-refractivity contribution in [1.82, 2.24) is 25.0 Å². The maximum Gasteiger partial charge on any atom is 0.233 e. The average molecular weight is 374 g/mol. The van der Waals surface area contributed by atoms with Crippen molar-refractivity contribution in [1.29, 1.82) is 0 Å². The molecule has 6 nitrogen and oxygen atoms in total. The number of aromatic nitrogens is 3. The average Bonchev–Trinajstić information content (AvgIpc) is 3.06. The molecule has 1 atom stereocenters. The molecule has 1 aliphatic rings. The lowest BCUT2D eigenvalue weighted by Gasteiger charge is -2.26. The second-order valence-corrected chi connectivity index (χ2v) is 8.16. The van der Waals surface area contributed by atoms with E-state index in [0.717, 1.165) is 17.3 Å².